The molecular formula is C26H17N2O7-. The quantitative estimate of drug-likeness (QED) is 0.352. The molecule has 2 amide bonds. The van der Waals surface area contributed by atoms with E-state index in [1.54, 1.807) is 42.5 Å². The molecule has 9 heteroatoms. The lowest BCUT2D eigenvalue weighted by Crippen LogP contribution is -2.51. The Hall–Kier alpha value is -4.18. The third-order valence-corrected chi connectivity index (χ3v) is 6.96. The summed E-state index contributed by atoms with van der Waals surface area (Å²) >= 11 is 0. The molecule has 35 heavy (non-hydrogen) atoms. The Labute approximate surface area is 198 Å². The average molecular weight is 469 g/mol. The zero-order valence-electron chi connectivity index (χ0n) is 18.0. The molecule has 2 heterocycles. The first-order chi connectivity index (χ1) is 16.9. The van der Waals surface area contributed by atoms with Crippen molar-refractivity contribution in [2.24, 2.45) is 11.8 Å². The molecule has 3 aromatic carbocycles. The predicted molar refractivity (Wildman–Crippen MR) is 122 cm³/mol. The second kappa shape index (κ2) is 7.41. The van der Waals surface area contributed by atoms with Crippen LogP contribution in [0.15, 0.2) is 78.9 Å². The highest BCUT2D eigenvalue weighted by molar-refractivity contribution is 6.37. The molecule has 0 unspecified atom stereocenters. The minimum Gasteiger partial charge on any atom is -0.733 e. The first-order valence-electron chi connectivity index (χ1n) is 10.9. The summed E-state index contributed by atoms with van der Waals surface area (Å²) in [4.78, 5) is 55.8. The van der Waals surface area contributed by atoms with E-state index in [0.29, 0.717) is 5.56 Å². The van der Waals surface area contributed by atoms with Gasteiger partial charge in [-0.15, -0.1) is 0 Å². The van der Waals surface area contributed by atoms with Crippen molar-refractivity contribution in [3.05, 3.63) is 101 Å². The van der Waals surface area contributed by atoms with Gasteiger partial charge in [-0.3, -0.25) is 24.4 Å². The van der Waals surface area contributed by atoms with Gasteiger partial charge in [0.1, 0.15) is 0 Å². The molecule has 9 nitrogen and oxygen atoms in total. The molecule has 3 atom stereocenters. The molecule has 3 aromatic rings. The number of ether oxygens (including phenoxy) is 1. The van der Waals surface area contributed by atoms with E-state index in [2.05, 4.69) is 0 Å². The standard InChI is InChI=1S/C26H17N2O7/c29-22-17-11-4-5-12-18(17)23(30)26(22)20-19(21(35-26)14-7-2-1-3-8-14)24(31)27(25(20)32)15-9-6-10-16(13-15)28(33)34/h1-13,19-21,33H/q-1/t19-,20-,21-/m0/s1. The van der Waals surface area contributed by atoms with Gasteiger partial charge < -0.3 is 15.2 Å². The number of ketones is 2. The van der Waals surface area contributed by atoms with Crippen molar-refractivity contribution in [1.29, 1.82) is 0 Å². The lowest BCUT2D eigenvalue weighted by Gasteiger charge is -2.28. The summed E-state index contributed by atoms with van der Waals surface area (Å²) in [6, 6.07) is 20.2. The van der Waals surface area contributed by atoms with Crippen LogP contribution in [-0.4, -0.2) is 34.2 Å². The topological polar surface area (TPSA) is 127 Å². The molecule has 1 aliphatic carbocycles. The molecule has 6 rings (SSSR count). The van der Waals surface area contributed by atoms with Crippen LogP contribution < -0.4 is 10.1 Å². The van der Waals surface area contributed by atoms with Crippen molar-refractivity contribution in [3.8, 4) is 0 Å². The Balaban J connectivity index is 1.53. The Kier molecular flexibility index (Phi) is 4.52. The van der Waals surface area contributed by atoms with Crippen molar-refractivity contribution in [2.75, 3.05) is 10.1 Å². The summed E-state index contributed by atoms with van der Waals surface area (Å²) in [6.07, 6.45) is -1.03. The van der Waals surface area contributed by atoms with Crippen LogP contribution in [-0.2, 0) is 14.3 Å². The van der Waals surface area contributed by atoms with Gasteiger partial charge in [-0.2, -0.15) is 0 Å². The minimum atomic E-state index is -2.17. The van der Waals surface area contributed by atoms with Crippen LogP contribution in [0.5, 0.6) is 0 Å². The molecule has 2 saturated heterocycles. The maximum Gasteiger partial charge on any atom is 0.241 e. The molecular weight excluding hydrogens is 452 g/mol. The van der Waals surface area contributed by atoms with Crippen LogP contribution in [0, 0.1) is 17.0 Å². The molecule has 3 aliphatic rings. The van der Waals surface area contributed by atoms with Gasteiger partial charge in [-0.1, -0.05) is 60.7 Å². The van der Waals surface area contributed by atoms with Crippen molar-refractivity contribution in [1.82, 2.24) is 0 Å². The fraction of sp³-hybridized carbons (Fsp3) is 0.154. The number of anilines is 2. The van der Waals surface area contributed by atoms with E-state index in [4.69, 9.17) is 4.74 Å². The number of nitrogens with zero attached hydrogens (tertiary/aromatic N) is 2. The fourth-order valence-electron chi connectivity index (χ4n) is 5.47. The number of fused-ring (bicyclic) bond motifs is 3. The number of carbonyl (C=O) groups excluding carboxylic acids is 4. The third-order valence-electron chi connectivity index (χ3n) is 6.96. The van der Waals surface area contributed by atoms with E-state index in [0.717, 1.165) is 4.90 Å². The largest absolute Gasteiger partial charge is 0.733 e. The molecule has 0 saturated carbocycles. The Morgan fingerprint density at radius 2 is 1.46 bits per heavy atom. The minimum absolute atomic E-state index is 0.0409. The van der Waals surface area contributed by atoms with Crippen LogP contribution in [0.3, 0.4) is 0 Å². The van der Waals surface area contributed by atoms with E-state index >= 15 is 0 Å². The van der Waals surface area contributed by atoms with Gasteiger partial charge in [-0.25, -0.2) is 4.90 Å². The summed E-state index contributed by atoms with van der Waals surface area (Å²) in [6.45, 7) is 0. The third kappa shape index (κ3) is 2.74. The van der Waals surface area contributed by atoms with Crippen molar-refractivity contribution < 1.29 is 29.1 Å². The van der Waals surface area contributed by atoms with Gasteiger partial charge in [0.05, 0.1) is 29.3 Å². The smallest absolute Gasteiger partial charge is 0.241 e. The zero-order chi connectivity index (χ0) is 24.5. The molecule has 0 aromatic heterocycles. The van der Waals surface area contributed by atoms with Crippen molar-refractivity contribution >= 4 is 34.8 Å². The first-order valence-corrected chi connectivity index (χ1v) is 10.9. The lowest BCUT2D eigenvalue weighted by molar-refractivity contribution is -0.127. The number of hydrogen-bond acceptors (Lipinski definition) is 8. The van der Waals surface area contributed by atoms with E-state index in [9.17, 15) is 29.6 Å². The predicted octanol–water partition coefficient (Wildman–Crippen LogP) is 3.08. The highest BCUT2D eigenvalue weighted by atomic mass is 16.8. The van der Waals surface area contributed by atoms with Gasteiger partial charge in [0.25, 0.3) is 0 Å². The Bertz CT molecular complexity index is 1380. The van der Waals surface area contributed by atoms with E-state index in [-0.39, 0.29) is 27.7 Å². The monoisotopic (exact) mass is 469 g/mol. The summed E-state index contributed by atoms with van der Waals surface area (Å²) in [7, 11) is 0. The van der Waals surface area contributed by atoms with Gasteiger partial charge in [0, 0.05) is 11.1 Å². The van der Waals surface area contributed by atoms with Gasteiger partial charge in [0.2, 0.25) is 29.0 Å². The zero-order valence-corrected chi connectivity index (χ0v) is 18.0. The maximum absolute atomic E-state index is 13.8. The van der Waals surface area contributed by atoms with E-state index in [1.165, 1.54) is 36.4 Å². The van der Waals surface area contributed by atoms with Gasteiger partial charge in [-0.05, 0) is 23.8 Å². The maximum atomic E-state index is 13.8. The van der Waals surface area contributed by atoms with Crippen LogP contribution in [0.4, 0.5) is 11.4 Å². The molecule has 1 spiro atoms. The number of amides is 2. The molecule has 174 valence electrons. The van der Waals surface area contributed by atoms with Crippen molar-refractivity contribution in [3.63, 3.8) is 0 Å². The summed E-state index contributed by atoms with van der Waals surface area (Å²) < 4.78 is 6.19. The van der Waals surface area contributed by atoms with Gasteiger partial charge in [0.15, 0.2) is 0 Å². The van der Waals surface area contributed by atoms with Crippen molar-refractivity contribution in [2.45, 2.75) is 11.7 Å². The highest BCUT2D eigenvalue weighted by Crippen LogP contribution is 2.57. The van der Waals surface area contributed by atoms with Crippen LogP contribution in [0.1, 0.15) is 32.4 Å². The number of Topliss-reactive ketones (excluding diaryl/α,β-unsaturated/α-hetero) is 2. The highest BCUT2D eigenvalue weighted by Gasteiger charge is 2.74. The molecule has 0 radical (unpaired) electrons. The number of benzene rings is 3. The van der Waals surface area contributed by atoms with Crippen LogP contribution in [0.2, 0.25) is 0 Å². The lowest BCUT2D eigenvalue weighted by atomic mass is 9.77. The number of carbonyl (C=O) groups is 4. The van der Waals surface area contributed by atoms with Crippen LogP contribution in [0.25, 0.3) is 0 Å². The number of rotatable bonds is 3. The SMILES string of the molecule is O=C1[C@H]2[C@@H](C(=O)N1c1cccc(N([O-])O)c1)C1(O[C@H]2c2ccccc2)C(=O)c2ccccc2C1=O. The average Bonchev–Trinajstić information content (AvgIpc) is 3.44. The number of imide groups is 1. The summed E-state index contributed by atoms with van der Waals surface area (Å²) in [5.41, 5.74) is -1.48. The molecule has 0 bridgehead atoms. The summed E-state index contributed by atoms with van der Waals surface area (Å²) in [5.74, 6) is -5.27. The molecule has 1 N–H and O–H groups in total. The second-order valence-electron chi connectivity index (χ2n) is 8.70. The van der Waals surface area contributed by atoms with Gasteiger partial charge >= 0.3 is 0 Å². The second-order valence-corrected chi connectivity index (χ2v) is 8.70. The first kappa shape index (κ1) is 21.4. The molecule has 2 aliphatic heterocycles. The van der Waals surface area contributed by atoms with E-state index < -0.39 is 46.9 Å². The fourth-order valence-corrected chi connectivity index (χ4v) is 5.47. The van der Waals surface area contributed by atoms with Crippen LogP contribution >= 0.6 is 0 Å². The van der Waals surface area contributed by atoms with E-state index in [1.807, 2.05) is 0 Å². The number of hydrogen-bond donors (Lipinski definition) is 1. The summed E-state index contributed by atoms with van der Waals surface area (Å²) in [5, 5.41) is 20.3. The normalized spacial score (nSPS) is 24.3. The Morgan fingerprint density at radius 1 is 0.829 bits per heavy atom. The molecule has 2 fully saturated rings. The Morgan fingerprint density at radius 3 is 2.09 bits per heavy atom.